The molecule has 0 N–H and O–H groups in total. The summed E-state index contributed by atoms with van der Waals surface area (Å²) in [6.45, 7) is 4.05. The molecule has 3 aromatic rings. The van der Waals surface area contributed by atoms with Crippen molar-refractivity contribution in [1.82, 2.24) is 4.31 Å². The molecule has 5 rings (SSSR count). The Kier molecular flexibility index (Phi) is 6.48. The maximum atomic E-state index is 14.2. The third kappa shape index (κ3) is 4.27. The van der Waals surface area contributed by atoms with E-state index in [9.17, 15) is 13.2 Å². The molecule has 34 heavy (non-hydrogen) atoms. The van der Waals surface area contributed by atoms with Gasteiger partial charge in [-0.2, -0.15) is 4.31 Å². The fourth-order valence-electron chi connectivity index (χ4n) is 5.18. The van der Waals surface area contributed by atoms with Crippen molar-refractivity contribution in [1.29, 1.82) is 0 Å². The van der Waals surface area contributed by atoms with Crippen LogP contribution in [-0.4, -0.2) is 37.0 Å². The van der Waals surface area contributed by atoms with Crippen molar-refractivity contribution >= 4 is 44.3 Å². The van der Waals surface area contributed by atoms with Crippen molar-refractivity contribution in [2.75, 3.05) is 17.2 Å². The van der Waals surface area contributed by atoms with Crippen molar-refractivity contribution in [2.45, 2.75) is 67.8 Å². The van der Waals surface area contributed by atoms with Crippen LogP contribution in [0.2, 0.25) is 0 Å². The summed E-state index contributed by atoms with van der Waals surface area (Å²) < 4.78 is 36.1. The van der Waals surface area contributed by atoms with Gasteiger partial charge in [-0.25, -0.2) is 8.42 Å². The van der Waals surface area contributed by atoms with Crippen LogP contribution in [0.5, 0.6) is 0 Å². The third-order valence-corrected chi connectivity index (χ3v) is 10.1. The van der Waals surface area contributed by atoms with Crippen LogP contribution in [0.15, 0.2) is 62.7 Å². The quantitative estimate of drug-likeness (QED) is 0.433. The number of nitrogens with zero attached hydrogens (tertiary/aromatic N) is 2. The first-order valence-electron chi connectivity index (χ1n) is 11.9. The summed E-state index contributed by atoms with van der Waals surface area (Å²) in [5.41, 5.74) is 1.45. The van der Waals surface area contributed by atoms with E-state index in [1.165, 1.54) is 6.92 Å². The molecule has 2 heterocycles. The van der Waals surface area contributed by atoms with E-state index in [1.807, 2.05) is 43.3 Å². The summed E-state index contributed by atoms with van der Waals surface area (Å²) in [6, 6.07) is 14.4. The predicted molar refractivity (Wildman–Crippen MR) is 136 cm³/mol. The van der Waals surface area contributed by atoms with E-state index >= 15 is 0 Å². The molecule has 180 valence electrons. The molecule has 0 bridgehead atoms. The van der Waals surface area contributed by atoms with Gasteiger partial charge in [0.25, 0.3) is 0 Å². The molecule has 1 saturated carbocycles. The van der Waals surface area contributed by atoms with E-state index in [4.69, 9.17) is 4.42 Å². The number of anilines is 1. The molecule has 1 fully saturated rings. The molecule has 1 atom stereocenters. The van der Waals surface area contributed by atoms with Crippen LogP contribution in [0.4, 0.5) is 5.69 Å². The molecular weight excluding hydrogens is 468 g/mol. The topological polar surface area (TPSA) is 70.8 Å². The Morgan fingerprint density at radius 2 is 1.88 bits per heavy atom. The Balaban J connectivity index is 1.58. The number of sulfonamides is 1. The number of carbonyl (C=O) groups excluding carboxylic acids is 1. The van der Waals surface area contributed by atoms with Crippen LogP contribution in [0.25, 0.3) is 11.0 Å². The van der Waals surface area contributed by atoms with Crippen LogP contribution in [0, 0.1) is 0 Å². The summed E-state index contributed by atoms with van der Waals surface area (Å²) in [4.78, 5) is 15.2. The second-order valence-electron chi connectivity index (χ2n) is 9.14. The average molecular weight is 499 g/mol. The Labute approximate surface area is 205 Å². The van der Waals surface area contributed by atoms with Crippen LogP contribution in [0.3, 0.4) is 0 Å². The Hall–Kier alpha value is -2.29. The highest BCUT2D eigenvalue weighted by Gasteiger charge is 2.39. The summed E-state index contributed by atoms with van der Waals surface area (Å²) >= 11 is 1.67. The first-order valence-corrected chi connectivity index (χ1v) is 14.4. The predicted octanol–water partition coefficient (Wildman–Crippen LogP) is 5.98. The minimum Gasteiger partial charge on any atom is -0.459 e. The van der Waals surface area contributed by atoms with Crippen LogP contribution >= 0.6 is 11.8 Å². The highest BCUT2D eigenvalue weighted by molar-refractivity contribution is 7.99. The minimum atomic E-state index is -3.84. The molecule has 0 unspecified atom stereocenters. The molecular formula is C26H30N2O4S2. The van der Waals surface area contributed by atoms with E-state index in [2.05, 4.69) is 0 Å². The van der Waals surface area contributed by atoms with Crippen LogP contribution < -0.4 is 4.90 Å². The number of carbonyl (C=O) groups is 1. The standard InChI is InChI=1S/C26H30N2O4S2/c1-18(25-16-20-8-3-6-11-24(20)32-25)28(21-9-4-5-10-21)34(30,31)22-12-13-26-23(17-22)27(19(2)29)14-7-15-33-26/h3,6,8,11-13,16-18,21H,4-5,7,9-10,14-15H2,1-2H3/t18-/m0/s1. The Morgan fingerprint density at radius 1 is 1.12 bits per heavy atom. The number of hydrogen-bond acceptors (Lipinski definition) is 5. The largest absolute Gasteiger partial charge is 0.459 e. The zero-order valence-corrected chi connectivity index (χ0v) is 21.2. The fourth-order valence-corrected chi connectivity index (χ4v) is 8.02. The van der Waals surface area contributed by atoms with E-state index in [1.54, 1.807) is 33.1 Å². The molecule has 0 radical (unpaired) electrons. The first kappa shape index (κ1) is 23.5. The van der Waals surface area contributed by atoms with Gasteiger partial charge in [0, 0.05) is 29.8 Å². The highest BCUT2D eigenvalue weighted by Crippen LogP contribution is 2.40. The summed E-state index contributed by atoms with van der Waals surface area (Å²) in [5.74, 6) is 1.48. The molecule has 0 spiro atoms. The lowest BCUT2D eigenvalue weighted by Crippen LogP contribution is -2.40. The van der Waals surface area contributed by atoms with Crippen molar-refractivity contribution in [3.8, 4) is 0 Å². The Bertz CT molecular complexity index is 1280. The van der Waals surface area contributed by atoms with Crippen molar-refractivity contribution < 1.29 is 17.6 Å². The third-order valence-electron chi connectivity index (χ3n) is 6.88. The van der Waals surface area contributed by atoms with Gasteiger partial charge < -0.3 is 9.32 Å². The number of benzene rings is 2. The van der Waals surface area contributed by atoms with Crippen LogP contribution in [0.1, 0.15) is 57.8 Å². The van der Waals surface area contributed by atoms with Gasteiger partial charge in [-0.3, -0.25) is 4.79 Å². The second-order valence-corrected chi connectivity index (χ2v) is 12.1. The van der Waals surface area contributed by atoms with Crippen LogP contribution in [-0.2, 0) is 14.8 Å². The van der Waals surface area contributed by atoms with Gasteiger partial charge in [0.05, 0.1) is 16.6 Å². The molecule has 6 nitrogen and oxygen atoms in total. The van der Waals surface area contributed by atoms with Gasteiger partial charge in [-0.05, 0) is 62.3 Å². The van der Waals surface area contributed by atoms with Crippen molar-refractivity contribution in [3.05, 3.63) is 54.3 Å². The van der Waals surface area contributed by atoms with Gasteiger partial charge >= 0.3 is 0 Å². The number of amides is 1. The number of hydrogen-bond donors (Lipinski definition) is 0. The lowest BCUT2D eigenvalue weighted by atomic mass is 10.1. The molecule has 0 saturated heterocycles. The van der Waals surface area contributed by atoms with E-state index in [0.29, 0.717) is 18.0 Å². The van der Waals surface area contributed by atoms with Gasteiger partial charge in [-0.1, -0.05) is 31.0 Å². The zero-order chi connectivity index (χ0) is 23.9. The van der Waals surface area contributed by atoms with Gasteiger partial charge in [0.15, 0.2) is 0 Å². The molecule has 8 heteroatoms. The fraction of sp³-hybridized carbons (Fsp3) is 0.423. The SMILES string of the molecule is CC(=O)N1CCCSc2ccc(S(=O)(=O)N(C3CCCC3)[C@@H](C)c3cc4ccccc4o3)cc21. The van der Waals surface area contributed by atoms with Gasteiger partial charge in [-0.15, -0.1) is 11.8 Å². The molecule has 1 aliphatic heterocycles. The summed E-state index contributed by atoms with van der Waals surface area (Å²) in [5, 5.41) is 0.965. The molecule has 2 aromatic carbocycles. The van der Waals surface area contributed by atoms with E-state index < -0.39 is 16.1 Å². The number of thioether (sulfide) groups is 1. The average Bonchev–Trinajstić information content (AvgIpc) is 3.44. The number of para-hydroxylation sites is 1. The maximum Gasteiger partial charge on any atom is 0.244 e. The summed E-state index contributed by atoms with van der Waals surface area (Å²) in [6.07, 6.45) is 4.58. The second kappa shape index (κ2) is 9.40. The number of fused-ring (bicyclic) bond motifs is 2. The minimum absolute atomic E-state index is 0.0680. The molecule has 1 aromatic heterocycles. The molecule has 1 amide bonds. The number of rotatable bonds is 5. The lowest BCUT2D eigenvalue weighted by Gasteiger charge is -2.33. The highest BCUT2D eigenvalue weighted by atomic mass is 32.2. The van der Waals surface area contributed by atoms with Gasteiger partial charge in [0.2, 0.25) is 15.9 Å². The molecule has 1 aliphatic carbocycles. The van der Waals surface area contributed by atoms with Crippen molar-refractivity contribution in [2.24, 2.45) is 0 Å². The lowest BCUT2D eigenvalue weighted by molar-refractivity contribution is -0.116. The zero-order valence-electron chi connectivity index (χ0n) is 19.6. The monoisotopic (exact) mass is 498 g/mol. The maximum absolute atomic E-state index is 14.2. The molecule has 2 aliphatic rings. The first-order chi connectivity index (χ1) is 16.4. The van der Waals surface area contributed by atoms with Crippen molar-refractivity contribution in [3.63, 3.8) is 0 Å². The smallest absolute Gasteiger partial charge is 0.244 e. The summed E-state index contributed by atoms with van der Waals surface area (Å²) in [7, 11) is -3.84. The van der Waals surface area contributed by atoms with E-state index in [0.717, 1.165) is 53.7 Å². The van der Waals surface area contributed by atoms with Gasteiger partial charge in [0.1, 0.15) is 11.3 Å². The normalized spacial score (nSPS) is 18.3. The Morgan fingerprint density at radius 3 is 2.62 bits per heavy atom. The van der Waals surface area contributed by atoms with E-state index in [-0.39, 0.29) is 16.8 Å². The number of furan rings is 1.